The van der Waals surface area contributed by atoms with Gasteiger partial charge in [0.1, 0.15) is 6.10 Å². The van der Waals surface area contributed by atoms with Crippen molar-refractivity contribution in [1.29, 1.82) is 0 Å². The van der Waals surface area contributed by atoms with Crippen LogP contribution >= 0.6 is 0 Å². The molecule has 1 aromatic heterocycles. The number of rotatable bonds is 6. The molecule has 0 radical (unpaired) electrons. The molecular formula is C10H16N4O3. The summed E-state index contributed by atoms with van der Waals surface area (Å²) < 4.78 is 15.8. The second-order valence-corrected chi connectivity index (χ2v) is 3.46. The van der Waals surface area contributed by atoms with Crippen LogP contribution in [0.15, 0.2) is 0 Å². The van der Waals surface area contributed by atoms with Crippen molar-refractivity contribution < 1.29 is 14.2 Å². The minimum atomic E-state index is 0.0290. The second kappa shape index (κ2) is 5.62. The maximum absolute atomic E-state index is 5.52. The van der Waals surface area contributed by atoms with E-state index in [-0.39, 0.29) is 18.1 Å². The lowest BCUT2D eigenvalue weighted by Gasteiger charge is -2.25. The van der Waals surface area contributed by atoms with Crippen molar-refractivity contribution in [3.8, 4) is 12.0 Å². The number of nitrogens with one attached hydrogen (secondary N) is 1. The Hall–Kier alpha value is -1.63. The molecule has 94 valence electrons. The molecule has 1 fully saturated rings. The first kappa shape index (κ1) is 11.8. The van der Waals surface area contributed by atoms with Crippen molar-refractivity contribution in [1.82, 2.24) is 15.0 Å². The Morgan fingerprint density at radius 3 is 2.59 bits per heavy atom. The molecule has 1 N–H and O–H groups in total. The Morgan fingerprint density at radius 1 is 1.24 bits per heavy atom. The van der Waals surface area contributed by atoms with Crippen molar-refractivity contribution in [2.75, 3.05) is 31.7 Å². The molecule has 1 saturated heterocycles. The molecular weight excluding hydrogens is 224 g/mol. The summed E-state index contributed by atoms with van der Waals surface area (Å²) in [7, 11) is 0. The monoisotopic (exact) mass is 240 g/mol. The zero-order chi connectivity index (χ0) is 12.1. The molecule has 17 heavy (non-hydrogen) atoms. The molecule has 7 heteroatoms. The highest BCUT2D eigenvalue weighted by Gasteiger charge is 2.22. The van der Waals surface area contributed by atoms with E-state index in [0.29, 0.717) is 25.8 Å². The fourth-order valence-corrected chi connectivity index (χ4v) is 1.25. The first-order chi connectivity index (χ1) is 8.31. The first-order valence-electron chi connectivity index (χ1n) is 5.69. The van der Waals surface area contributed by atoms with Crippen LogP contribution in [0.2, 0.25) is 0 Å². The van der Waals surface area contributed by atoms with Crippen molar-refractivity contribution in [3.05, 3.63) is 0 Å². The zero-order valence-corrected chi connectivity index (χ0v) is 9.97. The summed E-state index contributed by atoms with van der Waals surface area (Å²) in [6.45, 7) is 6.21. The van der Waals surface area contributed by atoms with Gasteiger partial charge in [0.2, 0.25) is 5.95 Å². The van der Waals surface area contributed by atoms with E-state index in [9.17, 15) is 0 Å². The Bertz CT molecular complexity index is 346. The van der Waals surface area contributed by atoms with Crippen molar-refractivity contribution in [2.24, 2.45) is 0 Å². The molecule has 1 aromatic rings. The van der Waals surface area contributed by atoms with Crippen LogP contribution in [0, 0.1) is 0 Å². The summed E-state index contributed by atoms with van der Waals surface area (Å²) in [4.78, 5) is 12.3. The molecule has 0 spiro atoms. The molecule has 0 atom stereocenters. The summed E-state index contributed by atoms with van der Waals surface area (Å²) in [6.07, 6.45) is 0.0290. The predicted molar refractivity (Wildman–Crippen MR) is 60.4 cm³/mol. The summed E-state index contributed by atoms with van der Waals surface area (Å²) in [5.41, 5.74) is 0. The minimum Gasteiger partial charge on any atom is -0.464 e. The zero-order valence-electron chi connectivity index (χ0n) is 9.97. The molecule has 0 aromatic carbocycles. The van der Waals surface area contributed by atoms with E-state index in [2.05, 4.69) is 20.3 Å². The molecule has 2 rings (SSSR count). The molecule has 0 amide bonds. The van der Waals surface area contributed by atoms with Crippen LogP contribution in [0.4, 0.5) is 5.95 Å². The molecule has 1 aliphatic rings. The largest absolute Gasteiger partial charge is 0.464 e. The fourth-order valence-electron chi connectivity index (χ4n) is 1.25. The van der Waals surface area contributed by atoms with E-state index >= 15 is 0 Å². The van der Waals surface area contributed by atoms with E-state index in [1.807, 2.05) is 13.8 Å². The van der Waals surface area contributed by atoms with Gasteiger partial charge in [0.25, 0.3) is 0 Å². The van der Waals surface area contributed by atoms with Crippen molar-refractivity contribution >= 4 is 5.95 Å². The number of ether oxygens (including phenoxy) is 3. The SMILES string of the molecule is CCNc1nc(OCC)nc(OC2COC2)n1. The lowest BCUT2D eigenvalue weighted by atomic mass is 10.3. The van der Waals surface area contributed by atoms with Crippen LogP contribution in [0.3, 0.4) is 0 Å². The summed E-state index contributed by atoms with van der Waals surface area (Å²) in [5.74, 6) is 0.459. The smallest absolute Gasteiger partial charge is 0.324 e. The van der Waals surface area contributed by atoms with Crippen LogP contribution < -0.4 is 14.8 Å². The Balaban J connectivity index is 2.10. The van der Waals surface area contributed by atoms with E-state index in [4.69, 9.17) is 14.2 Å². The highest BCUT2D eigenvalue weighted by molar-refractivity contribution is 5.27. The van der Waals surface area contributed by atoms with E-state index in [1.165, 1.54) is 0 Å². The number of aromatic nitrogens is 3. The Kier molecular flexibility index (Phi) is 3.92. The van der Waals surface area contributed by atoms with E-state index in [0.717, 1.165) is 6.54 Å². The highest BCUT2D eigenvalue weighted by Crippen LogP contribution is 2.16. The lowest BCUT2D eigenvalue weighted by molar-refractivity contribution is -0.0833. The third-order valence-corrected chi connectivity index (χ3v) is 2.08. The third kappa shape index (κ3) is 3.16. The van der Waals surface area contributed by atoms with Gasteiger partial charge in [-0.05, 0) is 13.8 Å². The Labute approximate surface area is 99.5 Å². The molecule has 0 bridgehead atoms. The normalized spacial score (nSPS) is 15.2. The second-order valence-electron chi connectivity index (χ2n) is 3.46. The van der Waals surface area contributed by atoms with Crippen molar-refractivity contribution in [2.45, 2.75) is 20.0 Å². The maximum Gasteiger partial charge on any atom is 0.324 e. The van der Waals surface area contributed by atoms with Gasteiger partial charge in [0, 0.05) is 6.54 Å². The number of nitrogens with zero attached hydrogens (tertiary/aromatic N) is 3. The van der Waals surface area contributed by atoms with Gasteiger partial charge >= 0.3 is 12.0 Å². The molecule has 7 nitrogen and oxygen atoms in total. The van der Waals surface area contributed by atoms with Crippen molar-refractivity contribution in [3.63, 3.8) is 0 Å². The van der Waals surface area contributed by atoms with Gasteiger partial charge in [0.05, 0.1) is 19.8 Å². The third-order valence-electron chi connectivity index (χ3n) is 2.08. The number of hydrogen-bond acceptors (Lipinski definition) is 7. The Morgan fingerprint density at radius 2 is 2.00 bits per heavy atom. The van der Waals surface area contributed by atoms with Gasteiger partial charge in [-0.15, -0.1) is 4.98 Å². The van der Waals surface area contributed by atoms with Gasteiger partial charge in [-0.25, -0.2) is 0 Å². The van der Waals surface area contributed by atoms with Crippen LogP contribution in [0.5, 0.6) is 12.0 Å². The van der Waals surface area contributed by atoms with Gasteiger partial charge in [0.15, 0.2) is 0 Å². The highest BCUT2D eigenvalue weighted by atomic mass is 16.6. The molecule has 1 aliphatic heterocycles. The average molecular weight is 240 g/mol. The van der Waals surface area contributed by atoms with E-state index < -0.39 is 0 Å². The van der Waals surface area contributed by atoms with Gasteiger partial charge in [-0.1, -0.05) is 0 Å². The van der Waals surface area contributed by atoms with Crippen LogP contribution in [0.1, 0.15) is 13.8 Å². The van der Waals surface area contributed by atoms with Gasteiger partial charge in [-0.3, -0.25) is 0 Å². The minimum absolute atomic E-state index is 0.0290. The lowest BCUT2D eigenvalue weighted by Crippen LogP contribution is -2.39. The predicted octanol–water partition coefficient (Wildman–Crippen LogP) is 0.480. The van der Waals surface area contributed by atoms with Gasteiger partial charge in [-0.2, -0.15) is 9.97 Å². The standard InChI is InChI=1S/C10H16N4O3/c1-3-11-8-12-9(16-4-2)14-10(13-8)17-7-5-15-6-7/h7H,3-6H2,1-2H3,(H,11,12,13,14). The number of anilines is 1. The number of hydrogen-bond donors (Lipinski definition) is 1. The molecule has 2 heterocycles. The van der Waals surface area contributed by atoms with Crippen LogP contribution in [-0.4, -0.2) is 47.4 Å². The summed E-state index contributed by atoms with van der Waals surface area (Å²) in [6, 6.07) is 0.543. The maximum atomic E-state index is 5.52. The van der Waals surface area contributed by atoms with E-state index in [1.54, 1.807) is 0 Å². The quantitative estimate of drug-likeness (QED) is 0.774. The summed E-state index contributed by atoms with van der Waals surface area (Å²) in [5, 5.41) is 3.00. The fraction of sp³-hybridized carbons (Fsp3) is 0.700. The molecule has 0 saturated carbocycles. The molecule has 0 unspecified atom stereocenters. The van der Waals surface area contributed by atoms with Crippen LogP contribution in [-0.2, 0) is 4.74 Å². The van der Waals surface area contributed by atoms with Crippen LogP contribution in [0.25, 0.3) is 0 Å². The summed E-state index contributed by atoms with van der Waals surface area (Å²) >= 11 is 0. The topological polar surface area (TPSA) is 78.4 Å². The average Bonchev–Trinajstić information content (AvgIpc) is 2.24. The first-order valence-corrected chi connectivity index (χ1v) is 5.69. The van der Waals surface area contributed by atoms with Gasteiger partial charge < -0.3 is 19.5 Å². The molecule has 0 aliphatic carbocycles.